The van der Waals surface area contributed by atoms with Gasteiger partial charge in [-0.25, -0.2) is 4.98 Å². The summed E-state index contributed by atoms with van der Waals surface area (Å²) in [4.78, 5) is 12.0. The summed E-state index contributed by atoms with van der Waals surface area (Å²) in [6.07, 6.45) is 3.95. The van der Waals surface area contributed by atoms with E-state index in [4.69, 9.17) is 0 Å². The van der Waals surface area contributed by atoms with Crippen molar-refractivity contribution in [1.29, 1.82) is 0 Å². The first-order chi connectivity index (χ1) is 9.99. The summed E-state index contributed by atoms with van der Waals surface area (Å²) in [7, 11) is 5.87. The van der Waals surface area contributed by atoms with Crippen LogP contribution in [0.15, 0.2) is 27.9 Å². The first-order valence-electron chi connectivity index (χ1n) is 6.63. The predicted octanol–water partition coefficient (Wildman–Crippen LogP) is 3.38. The number of guanidine groups is 1. The van der Waals surface area contributed by atoms with Gasteiger partial charge in [-0.15, -0.1) is 35.3 Å². The van der Waals surface area contributed by atoms with Gasteiger partial charge < -0.3 is 14.8 Å². The number of aromatic nitrogens is 2. The van der Waals surface area contributed by atoms with E-state index in [1.165, 1.54) is 10.6 Å². The normalized spacial score (nSPS) is 11.2. The Labute approximate surface area is 161 Å². The lowest BCUT2D eigenvalue weighted by molar-refractivity contribution is 0.461. The van der Waals surface area contributed by atoms with Gasteiger partial charge in [0.05, 0.1) is 13.1 Å². The van der Waals surface area contributed by atoms with Gasteiger partial charge in [0.15, 0.2) is 5.96 Å². The second-order valence-corrected chi connectivity index (χ2v) is 7.12. The van der Waals surface area contributed by atoms with Crippen LogP contribution in [0, 0.1) is 6.92 Å². The molecule has 2 aromatic rings. The van der Waals surface area contributed by atoms with E-state index in [1.54, 1.807) is 18.4 Å². The van der Waals surface area contributed by atoms with E-state index < -0.39 is 0 Å². The lowest BCUT2D eigenvalue weighted by Crippen LogP contribution is -2.38. The highest BCUT2D eigenvalue weighted by molar-refractivity contribution is 14.0. The van der Waals surface area contributed by atoms with Crippen LogP contribution in [-0.2, 0) is 20.1 Å². The highest BCUT2D eigenvalue weighted by atomic mass is 127. The van der Waals surface area contributed by atoms with Gasteiger partial charge in [0.25, 0.3) is 0 Å². The van der Waals surface area contributed by atoms with Crippen LogP contribution in [0.3, 0.4) is 0 Å². The lowest BCUT2D eigenvalue weighted by atomic mass is 10.4. The van der Waals surface area contributed by atoms with E-state index in [0.29, 0.717) is 6.54 Å². The Morgan fingerprint density at radius 1 is 1.55 bits per heavy atom. The number of hydrogen-bond donors (Lipinski definition) is 1. The summed E-state index contributed by atoms with van der Waals surface area (Å²) in [5.74, 6) is 0.861. The molecule has 122 valence electrons. The van der Waals surface area contributed by atoms with Gasteiger partial charge in [-0.1, -0.05) is 0 Å². The fraction of sp³-hybridized carbons (Fsp3) is 0.429. The van der Waals surface area contributed by atoms with Crippen molar-refractivity contribution in [2.24, 2.45) is 12.0 Å². The molecule has 1 N–H and O–H groups in total. The molecule has 0 unspecified atom stereocenters. The van der Waals surface area contributed by atoms with E-state index in [9.17, 15) is 0 Å². The first kappa shape index (κ1) is 19.4. The van der Waals surface area contributed by atoms with Crippen molar-refractivity contribution >= 4 is 57.2 Å². The molecule has 22 heavy (non-hydrogen) atoms. The minimum Gasteiger partial charge on any atom is -0.352 e. The zero-order valence-corrected chi connectivity index (χ0v) is 17.9. The Morgan fingerprint density at radius 2 is 2.27 bits per heavy atom. The number of nitrogens with zero attached hydrogens (tertiary/aromatic N) is 4. The molecule has 5 nitrogen and oxygen atoms in total. The molecule has 0 aliphatic heterocycles. The van der Waals surface area contributed by atoms with Crippen LogP contribution < -0.4 is 5.32 Å². The molecule has 8 heteroatoms. The zero-order chi connectivity index (χ0) is 15.4. The Kier molecular flexibility index (Phi) is 7.84. The Bertz CT molecular complexity index is 637. The molecule has 0 spiro atoms. The van der Waals surface area contributed by atoms with E-state index in [-0.39, 0.29) is 24.0 Å². The summed E-state index contributed by atoms with van der Waals surface area (Å²) < 4.78 is 3.20. The van der Waals surface area contributed by atoms with Gasteiger partial charge in [-0.3, -0.25) is 4.99 Å². The Morgan fingerprint density at radius 3 is 2.77 bits per heavy atom. The maximum atomic E-state index is 4.35. The second-order valence-electron chi connectivity index (χ2n) is 4.88. The molecule has 0 bridgehead atoms. The summed E-state index contributed by atoms with van der Waals surface area (Å²) in [6.45, 7) is 3.56. The quantitative estimate of drug-likeness (QED) is 0.400. The minimum atomic E-state index is 0. The third-order valence-corrected chi connectivity index (χ3v) is 4.46. The Hall–Kier alpha value is -0.610. The van der Waals surface area contributed by atoms with Crippen LogP contribution in [0.25, 0.3) is 0 Å². The highest BCUT2D eigenvalue weighted by Gasteiger charge is 2.10. The number of rotatable bonds is 4. The molecule has 0 amide bonds. The lowest BCUT2D eigenvalue weighted by Gasteiger charge is -2.22. The maximum Gasteiger partial charge on any atom is 0.194 e. The molecular formula is C14H21BrIN5S. The minimum absolute atomic E-state index is 0. The predicted molar refractivity (Wildman–Crippen MR) is 107 cm³/mol. The molecule has 2 aromatic heterocycles. The average Bonchev–Trinajstić information content (AvgIpc) is 2.96. The standard InChI is InChI=1S/C14H20BrN5S.HI/c1-10-6-17-13(21-10)7-18-14(16-2)20(4)9-12-5-11(15)8-19(12)3;/h5-6,8H,7,9H2,1-4H3,(H,16,18);1H. The maximum absolute atomic E-state index is 4.35. The topological polar surface area (TPSA) is 45.5 Å². The van der Waals surface area contributed by atoms with Crippen LogP contribution in [0.5, 0.6) is 0 Å². The van der Waals surface area contributed by atoms with E-state index in [2.05, 4.69) is 59.9 Å². The number of aliphatic imine (C=N–C) groups is 1. The van der Waals surface area contributed by atoms with Crippen LogP contribution in [0.2, 0.25) is 0 Å². The second kappa shape index (κ2) is 8.88. The SMILES string of the molecule is CN=C(NCc1ncc(C)s1)N(C)Cc1cc(Br)cn1C.I. The van der Waals surface area contributed by atoms with Crippen molar-refractivity contribution in [3.8, 4) is 0 Å². The fourth-order valence-corrected chi connectivity index (χ4v) is 3.36. The van der Waals surface area contributed by atoms with E-state index in [1.807, 2.05) is 20.3 Å². The van der Waals surface area contributed by atoms with Gasteiger partial charge in [0.2, 0.25) is 0 Å². The van der Waals surface area contributed by atoms with Crippen molar-refractivity contribution in [1.82, 2.24) is 19.8 Å². The average molecular weight is 498 g/mol. The van der Waals surface area contributed by atoms with Crippen molar-refractivity contribution in [2.45, 2.75) is 20.0 Å². The molecular weight excluding hydrogens is 477 g/mol. The molecule has 2 rings (SSSR count). The van der Waals surface area contributed by atoms with Crippen LogP contribution >= 0.6 is 51.2 Å². The van der Waals surface area contributed by atoms with Crippen LogP contribution in [0.1, 0.15) is 15.6 Å². The molecule has 0 aromatic carbocycles. The third kappa shape index (κ3) is 5.24. The smallest absolute Gasteiger partial charge is 0.194 e. The highest BCUT2D eigenvalue weighted by Crippen LogP contribution is 2.15. The molecule has 2 heterocycles. The summed E-state index contributed by atoms with van der Waals surface area (Å²) in [6, 6.07) is 2.12. The summed E-state index contributed by atoms with van der Waals surface area (Å²) >= 11 is 5.20. The van der Waals surface area contributed by atoms with Crippen molar-refractivity contribution < 1.29 is 0 Å². The third-order valence-electron chi connectivity index (χ3n) is 3.11. The monoisotopic (exact) mass is 497 g/mol. The van der Waals surface area contributed by atoms with Gasteiger partial charge in [-0.2, -0.15) is 0 Å². The van der Waals surface area contributed by atoms with Gasteiger partial charge in [0, 0.05) is 48.6 Å². The van der Waals surface area contributed by atoms with Gasteiger partial charge in [-0.05, 0) is 28.9 Å². The van der Waals surface area contributed by atoms with Crippen LogP contribution in [0.4, 0.5) is 0 Å². The molecule has 0 aliphatic carbocycles. The first-order valence-corrected chi connectivity index (χ1v) is 8.24. The molecule has 0 saturated heterocycles. The number of nitrogens with one attached hydrogen (secondary N) is 1. The fourth-order valence-electron chi connectivity index (χ4n) is 2.06. The molecule has 0 atom stereocenters. The molecule has 0 aliphatic rings. The number of thiazole rings is 1. The largest absolute Gasteiger partial charge is 0.352 e. The Balaban J connectivity index is 0.00000242. The van der Waals surface area contributed by atoms with Crippen molar-refractivity contribution in [2.75, 3.05) is 14.1 Å². The van der Waals surface area contributed by atoms with Crippen LogP contribution in [-0.4, -0.2) is 34.5 Å². The molecule has 0 fully saturated rings. The van der Waals surface area contributed by atoms with Gasteiger partial charge >= 0.3 is 0 Å². The summed E-state index contributed by atoms with van der Waals surface area (Å²) in [5.41, 5.74) is 1.22. The van der Waals surface area contributed by atoms with E-state index in [0.717, 1.165) is 22.0 Å². The van der Waals surface area contributed by atoms with E-state index >= 15 is 0 Å². The van der Waals surface area contributed by atoms with Crippen molar-refractivity contribution in [3.05, 3.63) is 38.5 Å². The number of halogens is 2. The zero-order valence-electron chi connectivity index (χ0n) is 13.1. The van der Waals surface area contributed by atoms with Crippen molar-refractivity contribution in [3.63, 3.8) is 0 Å². The molecule has 0 saturated carbocycles. The molecule has 0 radical (unpaired) electrons. The van der Waals surface area contributed by atoms with Gasteiger partial charge in [0.1, 0.15) is 5.01 Å². The number of aryl methyl sites for hydroxylation is 2. The summed E-state index contributed by atoms with van der Waals surface area (Å²) in [5, 5.41) is 4.42. The number of hydrogen-bond acceptors (Lipinski definition) is 3.